The third kappa shape index (κ3) is 6.39. The SMILES string of the molecule is CC(C)OCCOC(F)(F)CC(F)(F)C(F)(F)F. The molecule has 0 amide bonds. The van der Waals surface area contributed by atoms with E-state index in [2.05, 4.69) is 4.74 Å². The maximum absolute atomic E-state index is 12.7. The second kappa shape index (κ2) is 6.05. The van der Waals surface area contributed by atoms with E-state index in [0.29, 0.717) is 0 Å². The van der Waals surface area contributed by atoms with Gasteiger partial charge < -0.3 is 9.47 Å². The summed E-state index contributed by atoms with van der Waals surface area (Å²) in [6.45, 7) is 2.08. The van der Waals surface area contributed by atoms with Crippen LogP contribution in [0.25, 0.3) is 0 Å². The molecule has 0 atom stereocenters. The van der Waals surface area contributed by atoms with Crippen LogP contribution in [0.3, 0.4) is 0 Å². The standard InChI is InChI=1S/C9H13F7O2/c1-6(2)17-3-4-18-8(12,13)5-7(10,11)9(14,15)16/h6H,3-5H2,1-2H3. The van der Waals surface area contributed by atoms with E-state index in [1.807, 2.05) is 0 Å². The van der Waals surface area contributed by atoms with Crippen LogP contribution in [0.1, 0.15) is 20.3 Å². The average molecular weight is 286 g/mol. The number of hydrogen-bond acceptors (Lipinski definition) is 2. The van der Waals surface area contributed by atoms with E-state index in [1.54, 1.807) is 13.8 Å². The number of rotatable bonds is 7. The van der Waals surface area contributed by atoms with Gasteiger partial charge in [-0.1, -0.05) is 0 Å². The molecule has 0 aromatic rings. The van der Waals surface area contributed by atoms with E-state index in [0.717, 1.165) is 0 Å². The third-order valence-corrected chi connectivity index (χ3v) is 1.69. The van der Waals surface area contributed by atoms with Gasteiger partial charge in [0.05, 0.1) is 19.3 Å². The summed E-state index contributed by atoms with van der Waals surface area (Å²) in [7, 11) is 0. The lowest BCUT2D eigenvalue weighted by Gasteiger charge is -2.24. The molecular formula is C9H13F7O2. The fraction of sp³-hybridized carbons (Fsp3) is 1.00. The van der Waals surface area contributed by atoms with Crippen LogP contribution in [0.15, 0.2) is 0 Å². The number of ether oxygens (including phenoxy) is 2. The normalized spacial score (nSPS) is 14.3. The van der Waals surface area contributed by atoms with Gasteiger partial charge in [0.15, 0.2) is 0 Å². The van der Waals surface area contributed by atoms with Crippen molar-refractivity contribution in [2.75, 3.05) is 13.2 Å². The molecule has 0 fully saturated rings. The Bertz CT molecular complexity index is 250. The molecule has 0 radical (unpaired) electrons. The van der Waals surface area contributed by atoms with Crippen molar-refractivity contribution < 1.29 is 40.2 Å². The van der Waals surface area contributed by atoms with Gasteiger partial charge in [0.25, 0.3) is 0 Å². The molecular weight excluding hydrogens is 273 g/mol. The lowest BCUT2D eigenvalue weighted by molar-refractivity contribution is -0.337. The summed E-state index contributed by atoms with van der Waals surface area (Å²) >= 11 is 0. The molecule has 0 bridgehead atoms. The Labute approximate surface area is 99.0 Å². The largest absolute Gasteiger partial charge is 0.453 e. The fourth-order valence-corrected chi connectivity index (χ4v) is 0.885. The fourth-order valence-electron chi connectivity index (χ4n) is 0.885. The Balaban J connectivity index is 4.22. The van der Waals surface area contributed by atoms with Crippen LogP contribution in [0, 0.1) is 0 Å². The van der Waals surface area contributed by atoms with Crippen LogP contribution in [-0.4, -0.2) is 37.5 Å². The van der Waals surface area contributed by atoms with E-state index in [4.69, 9.17) is 4.74 Å². The van der Waals surface area contributed by atoms with Gasteiger partial charge in [0, 0.05) is 0 Å². The Morgan fingerprint density at radius 3 is 1.78 bits per heavy atom. The molecule has 0 aromatic carbocycles. The van der Waals surface area contributed by atoms with Gasteiger partial charge in [-0.25, -0.2) is 0 Å². The molecule has 0 unspecified atom stereocenters. The number of hydrogen-bond donors (Lipinski definition) is 0. The van der Waals surface area contributed by atoms with E-state index < -0.39 is 31.2 Å². The zero-order valence-electron chi connectivity index (χ0n) is 9.66. The highest BCUT2D eigenvalue weighted by Gasteiger charge is 2.62. The molecule has 0 aliphatic carbocycles. The molecule has 2 nitrogen and oxygen atoms in total. The van der Waals surface area contributed by atoms with Crippen molar-refractivity contribution >= 4 is 0 Å². The molecule has 0 heterocycles. The van der Waals surface area contributed by atoms with Gasteiger partial charge in [-0.05, 0) is 13.8 Å². The molecule has 0 spiro atoms. The first kappa shape index (κ1) is 17.4. The van der Waals surface area contributed by atoms with Gasteiger partial charge in [-0.15, -0.1) is 0 Å². The first-order valence-corrected chi connectivity index (χ1v) is 4.95. The van der Waals surface area contributed by atoms with Crippen molar-refractivity contribution in [2.24, 2.45) is 0 Å². The van der Waals surface area contributed by atoms with Crippen molar-refractivity contribution in [2.45, 2.75) is 44.6 Å². The van der Waals surface area contributed by atoms with Crippen LogP contribution < -0.4 is 0 Å². The quantitative estimate of drug-likeness (QED) is 0.526. The van der Waals surface area contributed by atoms with Crippen molar-refractivity contribution in [1.29, 1.82) is 0 Å². The van der Waals surface area contributed by atoms with Crippen molar-refractivity contribution in [3.8, 4) is 0 Å². The van der Waals surface area contributed by atoms with E-state index in [-0.39, 0.29) is 12.7 Å². The Morgan fingerprint density at radius 2 is 1.39 bits per heavy atom. The first-order chi connectivity index (χ1) is 7.87. The summed E-state index contributed by atoms with van der Waals surface area (Å²) in [5, 5.41) is 0. The van der Waals surface area contributed by atoms with Gasteiger partial charge in [-0.3, -0.25) is 0 Å². The summed E-state index contributed by atoms with van der Waals surface area (Å²) in [6, 6.07) is 0. The molecule has 0 N–H and O–H groups in total. The van der Waals surface area contributed by atoms with Gasteiger partial charge >= 0.3 is 18.2 Å². The third-order valence-electron chi connectivity index (χ3n) is 1.69. The molecule has 18 heavy (non-hydrogen) atoms. The molecule has 0 aliphatic heterocycles. The van der Waals surface area contributed by atoms with Crippen LogP contribution in [0.5, 0.6) is 0 Å². The molecule has 0 aliphatic rings. The molecule has 9 heteroatoms. The van der Waals surface area contributed by atoms with Gasteiger partial charge in [0.1, 0.15) is 6.42 Å². The van der Waals surface area contributed by atoms with Crippen LogP contribution in [0.4, 0.5) is 30.7 Å². The summed E-state index contributed by atoms with van der Waals surface area (Å²) in [5.74, 6) is -5.50. The summed E-state index contributed by atoms with van der Waals surface area (Å²) in [6.07, 6.45) is -13.6. The monoisotopic (exact) mass is 286 g/mol. The topological polar surface area (TPSA) is 18.5 Å². The predicted octanol–water partition coefficient (Wildman–Crippen LogP) is 3.61. The first-order valence-electron chi connectivity index (χ1n) is 4.95. The highest BCUT2D eigenvalue weighted by molar-refractivity contribution is 4.79. The van der Waals surface area contributed by atoms with Gasteiger partial charge in [0.2, 0.25) is 0 Å². The second-order valence-electron chi connectivity index (χ2n) is 3.78. The minimum atomic E-state index is -6.03. The van der Waals surface area contributed by atoms with Crippen molar-refractivity contribution in [1.82, 2.24) is 0 Å². The van der Waals surface area contributed by atoms with Gasteiger partial charge in [-0.2, -0.15) is 30.7 Å². The molecule has 0 aromatic heterocycles. The smallest absolute Gasteiger partial charge is 0.376 e. The van der Waals surface area contributed by atoms with E-state index in [9.17, 15) is 30.7 Å². The van der Waals surface area contributed by atoms with E-state index >= 15 is 0 Å². The highest BCUT2D eigenvalue weighted by atomic mass is 19.4. The minimum absolute atomic E-state index is 0.293. The lowest BCUT2D eigenvalue weighted by Crippen LogP contribution is -2.43. The molecule has 0 saturated carbocycles. The van der Waals surface area contributed by atoms with E-state index in [1.165, 1.54) is 0 Å². The molecule has 110 valence electrons. The Hall–Kier alpha value is -0.570. The number of halogens is 7. The second-order valence-corrected chi connectivity index (χ2v) is 3.78. The average Bonchev–Trinajstić information content (AvgIpc) is 2.08. The zero-order valence-corrected chi connectivity index (χ0v) is 9.66. The highest BCUT2D eigenvalue weighted by Crippen LogP contribution is 2.42. The van der Waals surface area contributed by atoms with Crippen molar-refractivity contribution in [3.05, 3.63) is 0 Å². The zero-order chi connectivity index (χ0) is 14.6. The Kier molecular flexibility index (Phi) is 5.86. The molecule has 0 saturated heterocycles. The minimum Gasteiger partial charge on any atom is -0.376 e. The summed E-state index contributed by atoms with van der Waals surface area (Å²) in [5.41, 5.74) is 0. The maximum atomic E-state index is 12.7. The molecule has 0 rings (SSSR count). The van der Waals surface area contributed by atoms with Crippen LogP contribution in [0.2, 0.25) is 0 Å². The van der Waals surface area contributed by atoms with Crippen LogP contribution >= 0.6 is 0 Å². The summed E-state index contributed by atoms with van der Waals surface area (Å²) in [4.78, 5) is 0. The van der Waals surface area contributed by atoms with Crippen molar-refractivity contribution in [3.63, 3.8) is 0 Å². The summed E-state index contributed by atoms with van der Waals surface area (Å²) < 4.78 is 93.6. The van der Waals surface area contributed by atoms with Crippen LogP contribution in [-0.2, 0) is 9.47 Å². The predicted molar refractivity (Wildman–Crippen MR) is 47.6 cm³/mol. The Morgan fingerprint density at radius 1 is 0.889 bits per heavy atom. The number of alkyl halides is 7. The lowest BCUT2D eigenvalue weighted by atomic mass is 10.2. The maximum Gasteiger partial charge on any atom is 0.453 e.